The molecule has 6 heteroatoms. The average Bonchev–Trinajstić information content (AvgIpc) is 2.37. The van der Waals surface area contributed by atoms with E-state index in [0.29, 0.717) is 0 Å². The van der Waals surface area contributed by atoms with Gasteiger partial charge in [-0.05, 0) is 49.8 Å². The van der Waals surface area contributed by atoms with Crippen molar-refractivity contribution < 1.29 is 19.6 Å². The van der Waals surface area contributed by atoms with Gasteiger partial charge in [0.1, 0.15) is 0 Å². The van der Waals surface area contributed by atoms with Crippen molar-refractivity contribution >= 4 is 11.7 Å². The van der Waals surface area contributed by atoms with Crippen LogP contribution in [0.5, 0.6) is 5.75 Å². The monoisotopic (exact) mass is 265 g/mol. The standard InChI is InChI=1S/C13H15NO5/c1-8(13(15)16)19-12-7-10-5-3-2-4-9(10)6-11(12)14(17)18/h6-8H,2-5H2,1H3,(H,15,16). The Morgan fingerprint density at radius 1 is 1.37 bits per heavy atom. The van der Waals surface area contributed by atoms with Crippen LogP contribution in [-0.4, -0.2) is 22.1 Å². The Bertz CT molecular complexity index is 526. The first-order valence-electron chi connectivity index (χ1n) is 6.18. The minimum Gasteiger partial charge on any atom is -0.479 e. The van der Waals surface area contributed by atoms with E-state index in [1.165, 1.54) is 13.0 Å². The van der Waals surface area contributed by atoms with E-state index in [1.807, 2.05) is 0 Å². The molecule has 1 aliphatic rings. The number of ether oxygens (including phenoxy) is 1. The SMILES string of the molecule is CC(Oc1cc2c(cc1[N+](=O)[O-])CCCC2)C(=O)O. The Morgan fingerprint density at radius 2 is 1.95 bits per heavy atom. The predicted octanol–water partition coefficient (Wildman–Crippen LogP) is 2.33. The summed E-state index contributed by atoms with van der Waals surface area (Å²) >= 11 is 0. The molecule has 1 aromatic carbocycles. The molecule has 1 unspecified atom stereocenters. The Kier molecular flexibility index (Phi) is 3.69. The summed E-state index contributed by atoms with van der Waals surface area (Å²) in [5.41, 5.74) is 1.83. The summed E-state index contributed by atoms with van der Waals surface area (Å²) in [6.07, 6.45) is 2.63. The smallest absolute Gasteiger partial charge is 0.344 e. The van der Waals surface area contributed by atoms with Crippen LogP contribution < -0.4 is 4.74 Å². The number of hydrogen-bond donors (Lipinski definition) is 1. The molecule has 2 rings (SSSR count). The zero-order valence-electron chi connectivity index (χ0n) is 10.6. The van der Waals surface area contributed by atoms with Gasteiger partial charge in [0.05, 0.1) is 4.92 Å². The van der Waals surface area contributed by atoms with E-state index in [1.54, 1.807) is 6.07 Å². The fourth-order valence-electron chi connectivity index (χ4n) is 2.23. The van der Waals surface area contributed by atoms with Gasteiger partial charge in [0.25, 0.3) is 0 Å². The molecule has 0 saturated carbocycles. The maximum Gasteiger partial charge on any atom is 0.344 e. The summed E-state index contributed by atoms with van der Waals surface area (Å²) < 4.78 is 5.19. The van der Waals surface area contributed by atoms with Gasteiger partial charge in [-0.15, -0.1) is 0 Å². The number of benzene rings is 1. The van der Waals surface area contributed by atoms with Gasteiger partial charge in [-0.1, -0.05) is 0 Å². The number of nitrogens with zero attached hydrogens (tertiary/aromatic N) is 1. The van der Waals surface area contributed by atoms with Crippen LogP contribution in [0.3, 0.4) is 0 Å². The van der Waals surface area contributed by atoms with Gasteiger partial charge in [-0.25, -0.2) is 4.79 Å². The number of carboxylic acids is 1. The number of rotatable bonds is 4. The largest absolute Gasteiger partial charge is 0.479 e. The number of fused-ring (bicyclic) bond motifs is 1. The van der Waals surface area contributed by atoms with Crippen molar-refractivity contribution in [3.8, 4) is 5.75 Å². The summed E-state index contributed by atoms with van der Waals surface area (Å²) in [4.78, 5) is 21.3. The van der Waals surface area contributed by atoms with Gasteiger partial charge in [-0.2, -0.15) is 0 Å². The van der Waals surface area contributed by atoms with Crippen molar-refractivity contribution in [3.63, 3.8) is 0 Å². The number of carbonyl (C=O) groups is 1. The van der Waals surface area contributed by atoms with E-state index in [9.17, 15) is 14.9 Å². The van der Waals surface area contributed by atoms with Gasteiger partial charge >= 0.3 is 11.7 Å². The maximum atomic E-state index is 11.0. The lowest BCUT2D eigenvalue weighted by Crippen LogP contribution is -2.23. The number of nitro benzene ring substituents is 1. The van der Waals surface area contributed by atoms with Crippen molar-refractivity contribution in [2.24, 2.45) is 0 Å². The minimum atomic E-state index is -1.15. The molecule has 0 radical (unpaired) electrons. The molecule has 19 heavy (non-hydrogen) atoms. The lowest BCUT2D eigenvalue weighted by Gasteiger charge is -2.18. The molecule has 0 heterocycles. The fourth-order valence-corrected chi connectivity index (χ4v) is 2.23. The van der Waals surface area contributed by atoms with Crippen molar-refractivity contribution in [1.82, 2.24) is 0 Å². The normalized spacial score (nSPS) is 15.4. The Balaban J connectivity index is 2.39. The molecule has 0 bridgehead atoms. The third-order valence-corrected chi connectivity index (χ3v) is 3.27. The second kappa shape index (κ2) is 5.26. The third-order valence-electron chi connectivity index (χ3n) is 3.27. The van der Waals surface area contributed by atoms with E-state index in [-0.39, 0.29) is 11.4 Å². The van der Waals surface area contributed by atoms with Gasteiger partial charge in [0, 0.05) is 6.07 Å². The number of nitro groups is 1. The fraction of sp³-hybridized carbons (Fsp3) is 0.462. The molecule has 0 amide bonds. The molecule has 0 aromatic heterocycles. The summed E-state index contributed by atoms with van der Waals surface area (Å²) in [7, 11) is 0. The van der Waals surface area contributed by atoms with Gasteiger partial charge in [0.15, 0.2) is 11.9 Å². The van der Waals surface area contributed by atoms with Gasteiger partial charge in [-0.3, -0.25) is 10.1 Å². The third kappa shape index (κ3) is 2.83. The molecule has 0 saturated heterocycles. The van der Waals surface area contributed by atoms with Crippen LogP contribution in [0.1, 0.15) is 30.9 Å². The van der Waals surface area contributed by atoms with Crippen molar-refractivity contribution in [2.45, 2.75) is 38.7 Å². The van der Waals surface area contributed by atoms with Crippen LogP contribution in [0.25, 0.3) is 0 Å². The Hall–Kier alpha value is -2.11. The van der Waals surface area contributed by atoms with Crippen LogP contribution in [0.4, 0.5) is 5.69 Å². The van der Waals surface area contributed by atoms with E-state index < -0.39 is 17.0 Å². The molecule has 1 aliphatic carbocycles. The number of aryl methyl sites for hydroxylation is 2. The number of hydrogen-bond acceptors (Lipinski definition) is 4. The quantitative estimate of drug-likeness (QED) is 0.666. The molecule has 0 spiro atoms. The molecule has 0 aliphatic heterocycles. The van der Waals surface area contributed by atoms with Gasteiger partial charge < -0.3 is 9.84 Å². The van der Waals surface area contributed by atoms with Gasteiger partial charge in [0.2, 0.25) is 0 Å². The summed E-state index contributed by atoms with van der Waals surface area (Å²) in [6, 6.07) is 3.13. The van der Waals surface area contributed by atoms with Crippen LogP contribution >= 0.6 is 0 Å². The van der Waals surface area contributed by atoms with Crippen LogP contribution in [-0.2, 0) is 17.6 Å². The summed E-state index contributed by atoms with van der Waals surface area (Å²) in [6.45, 7) is 1.35. The van der Waals surface area contributed by atoms with Crippen LogP contribution in [0.15, 0.2) is 12.1 Å². The Morgan fingerprint density at radius 3 is 2.47 bits per heavy atom. The second-order valence-corrected chi connectivity index (χ2v) is 4.65. The first-order valence-corrected chi connectivity index (χ1v) is 6.18. The van der Waals surface area contributed by atoms with E-state index >= 15 is 0 Å². The molecular weight excluding hydrogens is 250 g/mol. The first-order chi connectivity index (χ1) is 8.99. The van der Waals surface area contributed by atoms with Crippen LogP contribution in [0.2, 0.25) is 0 Å². The molecule has 1 aromatic rings. The highest BCUT2D eigenvalue weighted by atomic mass is 16.6. The van der Waals surface area contributed by atoms with E-state index in [4.69, 9.17) is 9.84 Å². The summed E-state index contributed by atoms with van der Waals surface area (Å²) in [5, 5.41) is 19.9. The second-order valence-electron chi connectivity index (χ2n) is 4.65. The van der Waals surface area contributed by atoms with Crippen molar-refractivity contribution in [2.75, 3.05) is 0 Å². The number of aliphatic carboxylic acids is 1. The predicted molar refractivity (Wildman–Crippen MR) is 67.5 cm³/mol. The molecule has 1 atom stereocenters. The highest BCUT2D eigenvalue weighted by Gasteiger charge is 2.24. The van der Waals surface area contributed by atoms with Crippen molar-refractivity contribution in [3.05, 3.63) is 33.4 Å². The lowest BCUT2D eigenvalue weighted by molar-refractivity contribution is -0.386. The average molecular weight is 265 g/mol. The van der Waals surface area contributed by atoms with E-state index in [0.717, 1.165) is 36.8 Å². The zero-order chi connectivity index (χ0) is 14.0. The topological polar surface area (TPSA) is 89.7 Å². The Labute approximate surface area is 110 Å². The van der Waals surface area contributed by atoms with Crippen molar-refractivity contribution in [1.29, 1.82) is 0 Å². The summed E-state index contributed by atoms with van der Waals surface area (Å²) in [5.74, 6) is -1.10. The molecule has 102 valence electrons. The molecule has 6 nitrogen and oxygen atoms in total. The minimum absolute atomic E-state index is 0.0422. The molecule has 0 fully saturated rings. The first kappa shape index (κ1) is 13.3. The van der Waals surface area contributed by atoms with Crippen LogP contribution in [0, 0.1) is 10.1 Å². The zero-order valence-corrected chi connectivity index (χ0v) is 10.6. The van der Waals surface area contributed by atoms with E-state index in [2.05, 4.69) is 0 Å². The maximum absolute atomic E-state index is 11.0. The highest BCUT2D eigenvalue weighted by molar-refractivity contribution is 5.72. The number of carboxylic acid groups (broad SMARTS) is 1. The molecule has 1 N–H and O–H groups in total. The lowest BCUT2D eigenvalue weighted by atomic mass is 9.91. The molecular formula is C13H15NO5. The highest BCUT2D eigenvalue weighted by Crippen LogP contribution is 2.34.